The summed E-state index contributed by atoms with van der Waals surface area (Å²) in [6.45, 7) is 0. The Morgan fingerprint density at radius 2 is 2.00 bits per heavy atom. The standard InChI is InChI=1S/C12H8Cl2N2OS/c13-8-3-6(1-2-10(8)17)12-15-9-5-18-4-7(9)11(14)16-12/h1-3,17H,4-5H2. The first-order valence-corrected chi connectivity index (χ1v) is 7.18. The summed E-state index contributed by atoms with van der Waals surface area (Å²) in [5.74, 6) is 2.31. The number of hydrogen-bond donors (Lipinski definition) is 1. The van der Waals surface area contributed by atoms with Gasteiger partial charge in [-0.25, -0.2) is 9.97 Å². The van der Waals surface area contributed by atoms with Crippen LogP contribution in [-0.2, 0) is 11.5 Å². The third-order valence-corrected chi connectivity index (χ3v) is 4.32. The Balaban J connectivity index is 2.12. The van der Waals surface area contributed by atoms with E-state index in [0.717, 1.165) is 28.3 Å². The van der Waals surface area contributed by atoms with Gasteiger partial charge in [-0.15, -0.1) is 0 Å². The molecule has 6 heteroatoms. The van der Waals surface area contributed by atoms with Crippen LogP contribution in [0.2, 0.25) is 10.2 Å². The third kappa shape index (κ3) is 2.05. The van der Waals surface area contributed by atoms with E-state index in [-0.39, 0.29) is 10.8 Å². The van der Waals surface area contributed by atoms with E-state index in [1.54, 1.807) is 23.9 Å². The predicted octanol–water partition coefficient (Wildman–Crippen LogP) is 3.90. The summed E-state index contributed by atoms with van der Waals surface area (Å²) in [6.07, 6.45) is 0. The van der Waals surface area contributed by atoms with Gasteiger partial charge in [-0.1, -0.05) is 23.2 Å². The lowest BCUT2D eigenvalue weighted by Gasteiger charge is -2.06. The number of halogens is 2. The molecule has 0 saturated heterocycles. The minimum absolute atomic E-state index is 0.0447. The quantitative estimate of drug-likeness (QED) is 0.811. The topological polar surface area (TPSA) is 46.0 Å². The molecule has 0 fully saturated rings. The van der Waals surface area contributed by atoms with Crippen molar-refractivity contribution in [3.8, 4) is 17.1 Å². The highest BCUT2D eigenvalue weighted by molar-refractivity contribution is 7.98. The van der Waals surface area contributed by atoms with Crippen molar-refractivity contribution in [1.82, 2.24) is 9.97 Å². The SMILES string of the molecule is Oc1ccc(-c2nc(Cl)c3c(n2)CSC3)cc1Cl. The Morgan fingerprint density at radius 1 is 1.17 bits per heavy atom. The second-order valence-corrected chi connectivity index (χ2v) is 5.67. The minimum atomic E-state index is 0.0447. The average molecular weight is 299 g/mol. The number of benzene rings is 1. The molecule has 1 aliphatic heterocycles. The summed E-state index contributed by atoms with van der Waals surface area (Å²) in [5.41, 5.74) is 2.76. The highest BCUT2D eigenvalue weighted by atomic mass is 35.5. The lowest BCUT2D eigenvalue weighted by atomic mass is 10.2. The zero-order valence-electron chi connectivity index (χ0n) is 9.15. The van der Waals surface area contributed by atoms with Gasteiger partial charge in [-0.3, -0.25) is 0 Å². The Kier molecular flexibility index (Phi) is 3.09. The molecule has 0 saturated carbocycles. The summed E-state index contributed by atoms with van der Waals surface area (Å²) < 4.78 is 0. The molecule has 0 radical (unpaired) electrons. The van der Waals surface area contributed by atoms with Crippen molar-refractivity contribution in [2.45, 2.75) is 11.5 Å². The molecule has 0 spiro atoms. The number of aromatic nitrogens is 2. The number of fused-ring (bicyclic) bond motifs is 1. The number of phenols is 1. The van der Waals surface area contributed by atoms with Gasteiger partial charge in [0.25, 0.3) is 0 Å². The molecule has 1 N–H and O–H groups in total. The fourth-order valence-corrected chi connectivity index (χ4v) is 3.34. The first-order chi connectivity index (χ1) is 8.65. The second kappa shape index (κ2) is 4.61. The molecule has 0 unspecified atom stereocenters. The van der Waals surface area contributed by atoms with Crippen LogP contribution in [0.4, 0.5) is 0 Å². The van der Waals surface area contributed by atoms with Crippen molar-refractivity contribution in [2.24, 2.45) is 0 Å². The predicted molar refractivity (Wildman–Crippen MR) is 74.2 cm³/mol. The van der Waals surface area contributed by atoms with Gasteiger partial charge in [0.15, 0.2) is 5.82 Å². The van der Waals surface area contributed by atoms with Gasteiger partial charge in [-0.2, -0.15) is 11.8 Å². The Morgan fingerprint density at radius 3 is 2.78 bits per heavy atom. The first kappa shape index (κ1) is 12.1. The van der Waals surface area contributed by atoms with E-state index in [0.29, 0.717) is 11.0 Å². The van der Waals surface area contributed by atoms with Crippen LogP contribution in [0.3, 0.4) is 0 Å². The molecule has 1 aromatic heterocycles. The van der Waals surface area contributed by atoms with E-state index in [9.17, 15) is 5.11 Å². The van der Waals surface area contributed by atoms with Crippen molar-refractivity contribution >= 4 is 35.0 Å². The number of thioether (sulfide) groups is 1. The molecule has 18 heavy (non-hydrogen) atoms. The van der Waals surface area contributed by atoms with Gasteiger partial charge in [-0.05, 0) is 18.2 Å². The van der Waals surface area contributed by atoms with Crippen LogP contribution in [0.15, 0.2) is 18.2 Å². The summed E-state index contributed by atoms with van der Waals surface area (Å²) in [7, 11) is 0. The Hall–Kier alpha value is -0.970. The highest BCUT2D eigenvalue weighted by Crippen LogP contribution is 2.35. The molecule has 2 heterocycles. The second-order valence-electron chi connectivity index (χ2n) is 3.92. The summed E-state index contributed by atoms with van der Waals surface area (Å²) in [6, 6.07) is 4.88. The van der Waals surface area contributed by atoms with Crippen molar-refractivity contribution in [3.63, 3.8) is 0 Å². The van der Waals surface area contributed by atoms with Gasteiger partial charge in [0.2, 0.25) is 0 Å². The van der Waals surface area contributed by atoms with Gasteiger partial charge in [0, 0.05) is 22.6 Å². The minimum Gasteiger partial charge on any atom is -0.506 e. The number of aromatic hydroxyl groups is 1. The van der Waals surface area contributed by atoms with Crippen LogP contribution in [0.5, 0.6) is 5.75 Å². The fraction of sp³-hybridized carbons (Fsp3) is 0.167. The van der Waals surface area contributed by atoms with Crippen molar-refractivity contribution in [2.75, 3.05) is 0 Å². The molecular weight excluding hydrogens is 291 g/mol. The summed E-state index contributed by atoms with van der Waals surface area (Å²) >= 11 is 13.8. The normalized spacial score (nSPS) is 13.7. The summed E-state index contributed by atoms with van der Waals surface area (Å²) in [5, 5.41) is 10.2. The smallest absolute Gasteiger partial charge is 0.161 e. The highest BCUT2D eigenvalue weighted by Gasteiger charge is 2.19. The molecule has 1 aromatic carbocycles. The van der Waals surface area contributed by atoms with E-state index < -0.39 is 0 Å². The summed E-state index contributed by atoms with van der Waals surface area (Å²) in [4.78, 5) is 8.79. The monoisotopic (exact) mass is 298 g/mol. The molecule has 3 rings (SSSR count). The maximum absolute atomic E-state index is 9.40. The maximum atomic E-state index is 9.40. The van der Waals surface area contributed by atoms with Gasteiger partial charge in [0.1, 0.15) is 10.9 Å². The van der Waals surface area contributed by atoms with Crippen LogP contribution in [0.25, 0.3) is 11.4 Å². The number of hydrogen-bond acceptors (Lipinski definition) is 4. The Labute approximate surface area is 118 Å². The fourth-order valence-electron chi connectivity index (χ4n) is 1.79. The number of rotatable bonds is 1. The Bertz CT molecular complexity index is 634. The number of phenolic OH excluding ortho intramolecular Hbond substituents is 1. The zero-order valence-corrected chi connectivity index (χ0v) is 11.5. The van der Waals surface area contributed by atoms with Gasteiger partial charge >= 0.3 is 0 Å². The molecule has 0 bridgehead atoms. The van der Waals surface area contributed by atoms with Gasteiger partial charge in [0.05, 0.1) is 10.7 Å². The van der Waals surface area contributed by atoms with Crippen LogP contribution < -0.4 is 0 Å². The van der Waals surface area contributed by atoms with Crippen LogP contribution in [-0.4, -0.2) is 15.1 Å². The van der Waals surface area contributed by atoms with E-state index >= 15 is 0 Å². The third-order valence-electron chi connectivity index (χ3n) is 2.73. The molecule has 0 atom stereocenters. The first-order valence-electron chi connectivity index (χ1n) is 5.27. The van der Waals surface area contributed by atoms with E-state index in [4.69, 9.17) is 23.2 Å². The van der Waals surface area contributed by atoms with Crippen molar-refractivity contribution in [3.05, 3.63) is 39.6 Å². The van der Waals surface area contributed by atoms with E-state index in [1.165, 1.54) is 6.07 Å². The van der Waals surface area contributed by atoms with Crippen molar-refractivity contribution < 1.29 is 5.11 Å². The molecule has 2 aromatic rings. The van der Waals surface area contributed by atoms with Crippen LogP contribution >= 0.6 is 35.0 Å². The van der Waals surface area contributed by atoms with Crippen LogP contribution in [0.1, 0.15) is 11.3 Å². The molecule has 0 amide bonds. The molecule has 0 aliphatic carbocycles. The van der Waals surface area contributed by atoms with E-state index in [1.807, 2.05) is 0 Å². The molecule has 3 nitrogen and oxygen atoms in total. The lowest BCUT2D eigenvalue weighted by molar-refractivity contribution is 0.475. The van der Waals surface area contributed by atoms with Crippen LogP contribution in [0, 0.1) is 0 Å². The lowest BCUT2D eigenvalue weighted by Crippen LogP contribution is -1.97. The largest absolute Gasteiger partial charge is 0.506 e. The molecule has 92 valence electrons. The maximum Gasteiger partial charge on any atom is 0.161 e. The molecular formula is C12H8Cl2N2OS. The van der Waals surface area contributed by atoms with Gasteiger partial charge < -0.3 is 5.11 Å². The van der Waals surface area contributed by atoms with Crippen molar-refractivity contribution in [1.29, 1.82) is 0 Å². The zero-order chi connectivity index (χ0) is 12.7. The van der Waals surface area contributed by atoms with E-state index in [2.05, 4.69) is 9.97 Å². The molecule has 1 aliphatic rings. The number of nitrogens with zero attached hydrogens (tertiary/aromatic N) is 2. The average Bonchev–Trinajstić information content (AvgIpc) is 2.81.